The van der Waals surface area contributed by atoms with Gasteiger partial charge in [0.05, 0.1) is 34.5 Å². The van der Waals surface area contributed by atoms with Crippen molar-refractivity contribution in [3.05, 3.63) is 58.4 Å². The number of rotatable bonds is 5. The van der Waals surface area contributed by atoms with Gasteiger partial charge in [-0.2, -0.15) is 0 Å². The van der Waals surface area contributed by atoms with E-state index in [1.807, 2.05) is 25.1 Å². The van der Waals surface area contributed by atoms with Crippen LogP contribution in [0.5, 0.6) is 0 Å². The molecule has 0 aliphatic heterocycles. The maximum atomic E-state index is 12.2. The minimum atomic E-state index is -1.00. The summed E-state index contributed by atoms with van der Waals surface area (Å²) in [5.41, 5.74) is 4.80. The number of hydrogen-bond acceptors (Lipinski definition) is 5. The van der Waals surface area contributed by atoms with Crippen molar-refractivity contribution in [2.45, 2.75) is 38.9 Å². The Hall–Kier alpha value is -3.03. The standard InChI is InChI=1S/C23H26N4O3/c1-13(30-5)6-14-8-19-18(21-20(12-25-19)27(4)22(28)26-21)9-17(14)15-7-16(11-24-10-15)23(2,3)29/h7-13,29H,6H2,1-5H3,(H,26,28)/t13-/m0/s1. The Balaban J connectivity index is 2.02. The molecule has 4 aromatic rings. The largest absolute Gasteiger partial charge is 0.386 e. The lowest BCUT2D eigenvalue weighted by Gasteiger charge is -2.19. The summed E-state index contributed by atoms with van der Waals surface area (Å²) in [4.78, 5) is 24.1. The van der Waals surface area contributed by atoms with Gasteiger partial charge in [0.2, 0.25) is 0 Å². The minimum absolute atomic E-state index is 0.0203. The fourth-order valence-electron chi connectivity index (χ4n) is 3.71. The van der Waals surface area contributed by atoms with Gasteiger partial charge in [0, 0.05) is 43.1 Å². The number of aromatic nitrogens is 4. The Bertz CT molecular complexity index is 1300. The van der Waals surface area contributed by atoms with Crippen LogP contribution in [0.2, 0.25) is 0 Å². The number of H-pyrrole nitrogens is 1. The SMILES string of the molecule is CO[C@@H](C)Cc1cc2ncc3c([nH]c(=O)n3C)c2cc1-c1cncc(C(C)(C)O)c1. The number of methoxy groups -OCH3 is 1. The Morgan fingerprint density at radius 3 is 2.70 bits per heavy atom. The topological polar surface area (TPSA) is 93.0 Å². The van der Waals surface area contributed by atoms with Gasteiger partial charge in [-0.15, -0.1) is 0 Å². The zero-order chi connectivity index (χ0) is 21.6. The van der Waals surface area contributed by atoms with Crippen LogP contribution in [0.25, 0.3) is 33.1 Å². The summed E-state index contributed by atoms with van der Waals surface area (Å²) in [7, 11) is 3.42. The van der Waals surface area contributed by atoms with Gasteiger partial charge in [-0.05, 0) is 56.5 Å². The number of ether oxygens (including phenoxy) is 1. The van der Waals surface area contributed by atoms with Crippen LogP contribution < -0.4 is 5.69 Å². The highest BCUT2D eigenvalue weighted by atomic mass is 16.5. The summed E-state index contributed by atoms with van der Waals surface area (Å²) >= 11 is 0. The summed E-state index contributed by atoms with van der Waals surface area (Å²) in [6.07, 6.45) is 5.90. The molecule has 0 aliphatic rings. The summed E-state index contributed by atoms with van der Waals surface area (Å²) in [5, 5.41) is 11.3. The van der Waals surface area contributed by atoms with Crippen molar-refractivity contribution in [1.82, 2.24) is 19.5 Å². The molecule has 3 heterocycles. The predicted molar refractivity (Wildman–Crippen MR) is 117 cm³/mol. The normalized spacial score (nSPS) is 13.3. The zero-order valence-electron chi connectivity index (χ0n) is 17.9. The molecule has 7 heteroatoms. The first-order valence-electron chi connectivity index (χ1n) is 9.90. The quantitative estimate of drug-likeness (QED) is 0.531. The van der Waals surface area contributed by atoms with Crippen LogP contribution in [0, 0.1) is 0 Å². The van der Waals surface area contributed by atoms with Gasteiger partial charge in [0.1, 0.15) is 0 Å². The average molecular weight is 406 g/mol. The molecular weight excluding hydrogens is 380 g/mol. The van der Waals surface area contributed by atoms with Crippen molar-refractivity contribution in [2.24, 2.45) is 7.05 Å². The molecular formula is C23H26N4O3. The highest BCUT2D eigenvalue weighted by Crippen LogP contribution is 2.33. The molecule has 1 aromatic carbocycles. The molecule has 0 bridgehead atoms. The number of nitrogens with one attached hydrogen (secondary N) is 1. The molecule has 0 aliphatic carbocycles. The monoisotopic (exact) mass is 406 g/mol. The van der Waals surface area contributed by atoms with E-state index < -0.39 is 5.60 Å². The van der Waals surface area contributed by atoms with Gasteiger partial charge in [-0.3, -0.25) is 14.5 Å². The van der Waals surface area contributed by atoms with Gasteiger partial charge in [-0.1, -0.05) is 0 Å². The molecule has 7 nitrogen and oxygen atoms in total. The highest BCUT2D eigenvalue weighted by Gasteiger charge is 2.19. The van der Waals surface area contributed by atoms with E-state index in [9.17, 15) is 9.90 Å². The van der Waals surface area contributed by atoms with Crippen molar-refractivity contribution in [3.8, 4) is 11.1 Å². The van der Waals surface area contributed by atoms with E-state index in [1.54, 1.807) is 51.2 Å². The van der Waals surface area contributed by atoms with Gasteiger partial charge in [-0.25, -0.2) is 4.79 Å². The van der Waals surface area contributed by atoms with Crippen LogP contribution in [0.3, 0.4) is 0 Å². The maximum Gasteiger partial charge on any atom is 0.326 e. The first-order chi connectivity index (χ1) is 14.2. The molecule has 0 amide bonds. The molecule has 0 saturated heterocycles. The molecule has 0 saturated carbocycles. The minimum Gasteiger partial charge on any atom is -0.386 e. The van der Waals surface area contributed by atoms with Gasteiger partial charge in [0.25, 0.3) is 0 Å². The number of benzene rings is 1. The first-order valence-corrected chi connectivity index (χ1v) is 9.90. The van der Waals surface area contributed by atoms with Crippen molar-refractivity contribution >= 4 is 21.9 Å². The number of aryl methyl sites for hydroxylation is 1. The average Bonchev–Trinajstić information content (AvgIpc) is 3.01. The molecule has 0 spiro atoms. The molecule has 4 rings (SSSR count). The second-order valence-corrected chi connectivity index (χ2v) is 8.31. The highest BCUT2D eigenvalue weighted by molar-refractivity contribution is 6.04. The Morgan fingerprint density at radius 1 is 1.23 bits per heavy atom. The molecule has 0 radical (unpaired) electrons. The molecule has 1 atom stereocenters. The second kappa shape index (κ2) is 7.34. The molecule has 0 fully saturated rings. The fourth-order valence-corrected chi connectivity index (χ4v) is 3.71. The Labute approximate surface area is 174 Å². The van der Waals surface area contributed by atoms with Crippen molar-refractivity contribution in [3.63, 3.8) is 0 Å². The number of imidazole rings is 1. The summed E-state index contributed by atoms with van der Waals surface area (Å²) in [5.74, 6) is 0. The molecule has 0 unspecified atom stereocenters. The number of nitrogens with zero attached hydrogens (tertiary/aromatic N) is 3. The third kappa shape index (κ3) is 3.51. The summed E-state index contributed by atoms with van der Waals surface area (Å²) in [6, 6.07) is 6.04. The number of aromatic amines is 1. The van der Waals surface area contributed by atoms with Gasteiger partial charge in [0.15, 0.2) is 0 Å². The lowest BCUT2D eigenvalue weighted by atomic mass is 9.92. The number of fused-ring (bicyclic) bond motifs is 3. The predicted octanol–water partition coefficient (Wildman–Crippen LogP) is 3.28. The van der Waals surface area contributed by atoms with Crippen molar-refractivity contribution in [1.29, 1.82) is 0 Å². The summed E-state index contributed by atoms with van der Waals surface area (Å²) < 4.78 is 7.05. The molecule has 30 heavy (non-hydrogen) atoms. The van der Waals surface area contributed by atoms with E-state index in [4.69, 9.17) is 4.74 Å². The van der Waals surface area contributed by atoms with Crippen LogP contribution in [-0.2, 0) is 23.8 Å². The van der Waals surface area contributed by atoms with E-state index in [0.29, 0.717) is 6.42 Å². The van der Waals surface area contributed by atoms with Crippen LogP contribution >= 0.6 is 0 Å². The third-order valence-electron chi connectivity index (χ3n) is 5.64. The van der Waals surface area contributed by atoms with Crippen LogP contribution in [0.4, 0.5) is 0 Å². The first kappa shape index (κ1) is 20.3. The van der Waals surface area contributed by atoms with E-state index in [1.165, 1.54) is 0 Å². The Morgan fingerprint density at radius 2 is 2.00 bits per heavy atom. The fraction of sp³-hybridized carbons (Fsp3) is 0.348. The number of aliphatic hydroxyl groups is 1. The van der Waals surface area contributed by atoms with Crippen LogP contribution in [0.1, 0.15) is 31.9 Å². The van der Waals surface area contributed by atoms with Crippen LogP contribution in [-0.4, -0.2) is 37.8 Å². The maximum absolute atomic E-state index is 12.2. The van der Waals surface area contributed by atoms with Crippen molar-refractivity contribution < 1.29 is 9.84 Å². The lowest BCUT2D eigenvalue weighted by molar-refractivity contribution is 0.0783. The van der Waals surface area contributed by atoms with Crippen LogP contribution in [0.15, 0.2) is 41.6 Å². The smallest absolute Gasteiger partial charge is 0.326 e. The third-order valence-corrected chi connectivity index (χ3v) is 5.64. The van der Waals surface area contributed by atoms with E-state index in [0.717, 1.165) is 44.2 Å². The van der Waals surface area contributed by atoms with Crippen molar-refractivity contribution in [2.75, 3.05) is 7.11 Å². The molecule has 3 aromatic heterocycles. The van der Waals surface area contributed by atoms with Gasteiger partial charge >= 0.3 is 5.69 Å². The number of pyridine rings is 2. The summed E-state index contributed by atoms with van der Waals surface area (Å²) in [6.45, 7) is 5.50. The van der Waals surface area contributed by atoms with E-state index in [-0.39, 0.29) is 11.8 Å². The number of hydrogen-bond donors (Lipinski definition) is 2. The molecule has 156 valence electrons. The molecule has 2 N–H and O–H groups in total. The van der Waals surface area contributed by atoms with E-state index >= 15 is 0 Å². The Kier molecular flexibility index (Phi) is 4.95. The van der Waals surface area contributed by atoms with Gasteiger partial charge < -0.3 is 14.8 Å². The lowest BCUT2D eigenvalue weighted by Crippen LogP contribution is -2.16. The second-order valence-electron chi connectivity index (χ2n) is 8.31. The van der Waals surface area contributed by atoms with E-state index in [2.05, 4.69) is 15.0 Å². The zero-order valence-corrected chi connectivity index (χ0v) is 17.9.